The lowest BCUT2D eigenvalue weighted by molar-refractivity contribution is 0.328. The Morgan fingerprint density at radius 3 is 2.27 bits per heavy atom. The van der Waals surface area contributed by atoms with E-state index in [9.17, 15) is 10.2 Å². The number of nitrogens with zero attached hydrogens (tertiary/aromatic N) is 6. The normalized spacial score (nSPS) is 10.8. The number of phenols is 1. The Hall–Kier alpha value is -5.01. The van der Waals surface area contributed by atoms with Crippen LogP contribution in [0.1, 0.15) is 22.5 Å². The first-order valence-electron chi connectivity index (χ1n) is 11.8. The van der Waals surface area contributed by atoms with Crippen LogP contribution in [-0.4, -0.2) is 37.7 Å². The predicted molar refractivity (Wildman–Crippen MR) is 140 cm³/mol. The van der Waals surface area contributed by atoms with E-state index >= 15 is 0 Å². The number of phenolic OH excluding ortho intramolecular Hbond substituents is 1. The van der Waals surface area contributed by atoms with Crippen molar-refractivity contribution in [2.24, 2.45) is 5.11 Å². The number of fused-ring (bicyclic) bond motifs is 1. The fraction of sp³-hybridized carbons (Fsp3) is 0.143. The zero-order valence-electron chi connectivity index (χ0n) is 19.9. The van der Waals surface area contributed by atoms with Gasteiger partial charge in [0.25, 0.3) is 0 Å². The van der Waals surface area contributed by atoms with Crippen LogP contribution in [0.15, 0.2) is 90.2 Å². The summed E-state index contributed by atoms with van der Waals surface area (Å²) in [6.45, 7) is 0.566. The van der Waals surface area contributed by atoms with Gasteiger partial charge in [-0.15, -0.1) is 0 Å². The van der Waals surface area contributed by atoms with Crippen LogP contribution in [0.2, 0.25) is 0 Å². The summed E-state index contributed by atoms with van der Waals surface area (Å²) in [5.41, 5.74) is 13.7. The number of aromatic nitrogens is 3. The Bertz CT molecular complexity index is 1560. The average Bonchev–Trinajstić information content (AvgIpc) is 3.24. The zero-order valence-corrected chi connectivity index (χ0v) is 19.9. The minimum Gasteiger partial charge on any atom is -0.508 e. The number of imidazole rings is 1. The molecule has 0 bridgehead atoms. The van der Waals surface area contributed by atoms with E-state index in [1.807, 2.05) is 54.6 Å². The second-order valence-electron chi connectivity index (χ2n) is 8.48. The van der Waals surface area contributed by atoms with Gasteiger partial charge in [0, 0.05) is 29.5 Å². The van der Waals surface area contributed by atoms with Crippen LogP contribution >= 0.6 is 0 Å². The fourth-order valence-corrected chi connectivity index (χ4v) is 4.09. The van der Waals surface area contributed by atoms with Crippen molar-refractivity contribution in [2.75, 3.05) is 13.2 Å². The molecule has 0 spiro atoms. The highest BCUT2D eigenvalue weighted by atomic mass is 16.5. The first-order valence-corrected chi connectivity index (χ1v) is 11.8. The van der Waals surface area contributed by atoms with Crippen molar-refractivity contribution in [3.63, 3.8) is 0 Å². The maximum absolute atomic E-state index is 11.1. The van der Waals surface area contributed by atoms with Crippen molar-refractivity contribution in [1.82, 2.24) is 14.4 Å². The fourth-order valence-electron chi connectivity index (χ4n) is 4.09. The van der Waals surface area contributed by atoms with Crippen LogP contribution in [0.3, 0.4) is 0 Å². The third-order valence-electron chi connectivity index (χ3n) is 5.92. The summed E-state index contributed by atoms with van der Waals surface area (Å²) in [5.74, 6) is 0.902. The Morgan fingerprint density at radius 2 is 1.54 bits per heavy atom. The minimum absolute atomic E-state index is 0.0569. The molecular weight excluding hydrogens is 468 g/mol. The molecule has 0 aliphatic heterocycles. The second-order valence-corrected chi connectivity index (χ2v) is 8.48. The summed E-state index contributed by atoms with van der Waals surface area (Å²) in [7, 11) is 0. The van der Waals surface area contributed by atoms with Gasteiger partial charge in [0.1, 0.15) is 17.2 Å². The van der Waals surface area contributed by atoms with Gasteiger partial charge in [-0.2, -0.15) is 0 Å². The van der Waals surface area contributed by atoms with Crippen molar-refractivity contribution >= 4 is 5.65 Å². The monoisotopic (exact) mass is 492 g/mol. The molecule has 0 aliphatic rings. The van der Waals surface area contributed by atoms with E-state index < -0.39 is 0 Å². The number of benzene rings is 3. The summed E-state index contributed by atoms with van der Waals surface area (Å²) >= 11 is 0. The number of hydrogen-bond donors (Lipinski definition) is 2. The third-order valence-corrected chi connectivity index (χ3v) is 5.92. The quantitative estimate of drug-likeness (QED) is 0.118. The number of hydrogen-bond acceptors (Lipinski definition) is 6. The summed E-state index contributed by atoms with van der Waals surface area (Å²) in [6, 6.07) is 24.3. The van der Waals surface area contributed by atoms with E-state index in [0.29, 0.717) is 42.2 Å². The molecule has 2 heterocycles. The standard InChI is InChI=1S/C28H24N6O3/c29-33-30-14-15-37-23-12-6-20(7-13-23)17-25-28(36)34-18-26(21-8-10-22(35)11-9-21)31-24(27(34)32-25)16-19-4-2-1-3-5-19/h1-13,18,35-36H,14-17H2. The minimum atomic E-state index is 0.0569. The molecule has 0 saturated heterocycles. The van der Waals surface area contributed by atoms with Crippen molar-refractivity contribution in [3.05, 3.63) is 118 Å². The largest absolute Gasteiger partial charge is 0.508 e. The molecule has 0 fully saturated rings. The van der Waals surface area contributed by atoms with Gasteiger partial charge < -0.3 is 14.9 Å². The highest BCUT2D eigenvalue weighted by Gasteiger charge is 2.18. The first-order chi connectivity index (χ1) is 18.1. The molecule has 9 nitrogen and oxygen atoms in total. The SMILES string of the molecule is [N-]=[N+]=NCCOc1ccc(Cc2nc3c(Cc4ccccc4)nc(-c4ccc(O)cc4)cn3c2O)cc1. The summed E-state index contributed by atoms with van der Waals surface area (Å²) in [5, 5.41) is 24.3. The highest BCUT2D eigenvalue weighted by Crippen LogP contribution is 2.29. The molecule has 5 rings (SSSR count). The predicted octanol–water partition coefficient (Wildman–Crippen LogP) is 5.68. The molecule has 3 aromatic carbocycles. The van der Waals surface area contributed by atoms with Gasteiger partial charge in [0.15, 0.2) is 5.65 Å². The number of ether oxygens (including phenoxy) is 1. The van der Waals surface area contributed by atoms with Crippen LogP contribution < -0.4 is 4.74 Å². The highest BCUT2D eigenvalue weighted by molar-refractivity contribution is 5.64. The molecular formula is C28H24N6O3. The topological polar surface area (TPSA) is 129 Å². The van der Waals surface area contributed by atoms with Crippen LogP contribution in [0.5, 0.6) is 17.4 Å². The van der Waals surface area contributed by atoms with Gasteiger partial charge in [0.05, 0.1) is 24.5 Å². The summed E-state index contributed by atoms with van der Waals surface area (Å²) in [6.07, 6.45) is 2.74. The molecule has 0 atom stereocenters. The zero-order chi connectivity index (χ0) is 25.6. The average molecular weight is 493 g/mol. The van der Waals surface area contributed by atoms with Crippen molar-refractivity contribution in [2.45, 2.75) is 12.8 Å². The summed E-state index contributed by atoms with van der Waals surface area (Å²) in [4.78, 5) is 12.4. The Balaban J connectivity index is 1.48. The van der Waals surface area contributed by atoms with Crippen molar-refractivity contribution < 1.29 is 14.9 Å². The third kappa shape index (κ3) is 5.47. The van der Waals surface area contributed by atoms with E-state index in [-0.39, 0.29) is 18.2 Å². The van der Waals surface area contributed by atoms with Gasteiger partial charge in [0.2, 0.25) is 5.88 Å². The van der Waals surface area contributed by atoms with Crippen LogP contribution in [0, 0.1) is 0 Å². The van der Waals surface area contributed by atoms with Gasteiger partial charge in [-0.05, 0) is 53.1 Å². The molecule has 5 aromatic rings. The molecule has 0 saturated carbocycles. The molecule has 0 radical (unpaired) electrons. The molecule has 0 aliphatic carbocycles. The van der Waals surface area contributed by atoms with Crippen LogP contribution in [-0.2, 0) is 12.8 Å². The molecule has 9 heteroatoms. The Morgan fingerprint density at radius 1 is 0.838 bits per heavy atom. The molecule has 184 valence electrons. The van der Waals surface area contributed by atoms with E-state index in [4.69, 9.17) is 20.2 Å². The molecule has 0 unspecified atom stereocenters. The first kappa shape index (κ1) is 23.7. The van der Waals surface area contributed by atoms with Crippen LogP contribution in [0.25, 0.3) is 27.3 Å². The second kappa shape index (κ2) is 10.7. The van der Waals surface area contributed by atoms with Crippen molar-refractivity contribution in [1.29, 1.82) is 0 Å². The number of azide groups is 1. The van der Waals surface area contributed by atoms with Crippen LogP contribution in [0.4, 0.5) is 0 Å². The Labute approximate surface area is 212 Å². The van der Waals surface area contributed by atoms with Gasteiger partial charge in [-0.1, -0.05) is 47.6 Å². The molecule has 2 N–H and O–H groups in total. The van der Waals surface area contributed by atoms with E-state index in [2.05, 4.69) is 10.0 Å². The van der Waals surface area contributed by atoms with E-state index in [1.165, 1.54) is 0 Å². The molecule has 0 amide bonds. The lowest BCUT2D eigenvalue weighted by atomic mass is 10.1. The smallest absolute Gasteiger partial charge is 0.219 e. The van der Waals surface area contributed by atoms with Gasteiger partial charge >= 0.3 is 0 Å². The Kier molecular flexibility index (Phi) is 6.87. The number of rotatable bonds is 9. The molecule has 2 aromatic heterocycles. The lowest BCUT2D eigenvalue weighted by Gasteiger charge is -2.08. The van der Waals surface area contributed by atoms with E-state index in [0.717, 1.165) is 22.4 Å². The maximum atomic E-state index is 11.1. The maximum Gasteiger partial charge on any atom is 0.219 e. The summed E-state index contributed by atoms with van der Waals surface area (Å²) < 4.78 is 7.24. The molecule has 37 heavy (non-hydrogen) atoms. The lowest BCUT2D eigenvalue weighted by Crippen LogP contribution is -2.00. The van der Waals surface area contributed by atoms with Crippen molar-refractivity contribution in [3.8, 4) is 28.6 Å². The number of aromatic hydroxyl groups is 2. The van der Waals surface area contributed by atoms with E-state index in [1.54, 1.807) is 34.9 Å². The van der Waals surface area contributed by atoms with Gasteiger partial charge in [-0.25, -0.2) is 9.97 Å². The van der Waals surface area contributed by atoms with Gasteiger partial charge in [-0.3, -0.25) is 4.40 Å².